The van der Waals surface area contributed by atoms with Crippen molar-refractivity contribution >= 4 is 22.5 Å². The summed E-state index contributed by atoms with van der Waals surface area (Å²) < 4.78 is 1.86. The van der Waals surface area contributed by atoms with Gasteiger partial charge >= 0.3 is 0 Å². The van der Waals surface area contributed by atoms with Crippen LogP contribution in [0.1, 0.15) is 12.7 Å². The second-order valence-electron chi connectivity index (χ2n) is 6.38. The van der Waals surface area contributed by atoms with Crippen LogP contribution >= 0.6 is 0 Å². The monoisotopic (exact) mass is 326 g/mol. The van der Waals surface area contributed by atoms with Crippen LogP contribution < -0.4 is 4.90 Å². The van der Waals surface area contributed by atoms with Gasteiger partial charge in [0.2, 0.25) is 5.95 Å². The van der Waals surface area contributed by atoms with E-state index in [1.54, 1.807) is 0 Å². The van der Waals surface area contributed by atoms with E-state index in [4.69, 9.17) is 4.98 Å². The van der Waals surface area contributed by atoms with Crippen LogP contribution in [0.25, 0.3) is 16.6 Å². The van der Waals surface area contributed by atoms with Gasteiger partial charge in [0.1, 0.15) is 5.82 Å². The van der Waals surface area contributed by atoms with Crippen LogP contribution in [0.2, 0.25) is 0 Å². The van der Waals surface area contributed by atoms with Gasteiger partial charge in [-0.3, -0.25) is 4.90 Å². The third kappa shape index (κ3) is 2.50. The third-order valence-electron chi connectivity index (χ3n) is 4.75. The summed E-state index contributed by atoms with van der Waals surface area (Å²) in [6, 6.07) is 8.26. The summed E-state index contributed by atoms with van der Waals surface area (Å²) in [6.45, 7) is 7.71. The van der Waals surface area contributed by atoms with Crippen LogP contribution in [0.5, 0.6) is 0 Å². The van der Waals surface area contributed by atoms with Gasteiger partial charge in [0.15, 0.2) is 5.65 Å². The Morgan fingerprint density at radius 1 is 1.12 bits per heavy atom. The molecule has 1 aliphatic heterocycles. The zero-order valence-electron chi connectivity index (χ0n) is 14.1. The molecule has 3 aromatic rings. The van der Waals surface area contributed by atoms with Gasteiger partial charge in [0.25, 0.3) is 0 Å². The largest absolute Gasteiger partial charge is 0.395 e. The minimum Gasteiger partial charge on any atom is -0.395 e. The fourth-order valence-corrected chi connectivity index (χ4v) is 3.33. The molecule has 0 spiro atoms. The maximum absolute atomic E-state index is 9.34. The molecule has 0 aliphatic carbocycles. The van der Waals surface area contributed by atoms with E-state index in [9.17, 15) is 5.11 Å². The van der Waals surface area contributed by atoms with E-state index in [-0.39, 0.29) is 12.6 Å². The number of nitrogens with zero attached hydrogens (tertiary/aromatic N) is 6. The molecular weight excluding hydrogens is 304 g/mol. The number of para-hydroxylation sites is 1. The zero-order chi connectivity index (χ0) is 16.7. The molecular formula is C17H22N6O. The molecule has 0 unspecified atom stereocenters. The Kier molecular flexibility index (Phi) is 3.82. The number of aliphatic hydroxyl groups is 1. The van der Waals surface area contributed by atoms with Crippen LogP contribution in [-0.4, -0.2) is 68.4 Å². The number of benzene rings is 1. The van der Waals surface area contributed by atoms with Gasteiger partial charge in [-0.05, 0) is 26.0 Å². The van der Waals surface area contributed by atoms with Gasteiger partial charge in [0, 0.05) is 37.6 Å². The highest BCUT2D eigenvalue weighted by Crippen LogP contribution is 2.23. The van der Waals surface area contributed by atoms with Crippen molar-refractivity contribution in [2.45, 2.75) is 19.9 Å². The molecule has 0 amide bonds. The topological polar surface area (TPSA) is 69.8 Å². The molecule has 2 aromatic heterocycles. The van der Waals surface area contributed by atoms with Crippen molar-refractivity contribution < 1.29 is 5.11 Å². The molecule has 1 N–H and O–H groups in total. The Morgan fingerprint density at radius 2 is 1.88 bits per heavy atom. The molecule has 1 atom stereocenters. The number of anilines is 1. The zero-order valence-corrected chi connectivity index (χ0v) is 14.1. The van der Waals surface area contributed by atoms with Gasteiger partial charge in [-0.15, -0.1) is 5.10 Å². The Balaban J connectivity index is 1.73. The van der Waals surface area contributed by atoms with Crippen molar-refractivity contribution in [3.63, 3.8) is 0 Å². The predicted molar refractivity (Wildman–Crippen MR) is 93.4 cm³/mol. The molecule has 4 rings (SSSR count). The Hall–Kier alpha value is -2.25. The quantitative estimate of drug-likeness (QED) is 0.777. The first-order valence-electron chi connectivity index (χ1n) is 8.39. The summed E-state index contributed by atoms with van der Waals surface area (Å²) in [5, 5.41) is 14.9. The molecule has 126 valence electrons. The van der Waals surface area contributed by atoms with Gasteiger partial charge in [-0.1, -0.05) is 12.1 Å². The fourth-order valence-electron chi connectivity index (χ4n) is 3.33. The standard InChI is InChI=1S/C17H22N6O/c1-12(11-24)21-7-9-22(10-8-21)17-19-15-6-4-3-5-14(15)16-18-13(2)20-23(16)17/h3-6,12,24H,7-11H2,1-2H3/t12-/m0/s1. The van der Waals surface area contributed by atoms with Gasteiger partial charge in [0.05, 0.1) is 12.1 Å². The van der Waals surface area contributed by atoms with Gasteiger partial charge in [-0.2, -0.15) is 4.52 Å². The van der Waals surface area contributed by atoms with Crippen LogP contribution in [0, 0.1) is 6.92 Å². The van der Waals surface area contributed by atoms with Crippen molar-refractivity contribution in [3.8, 4) is 0 Å². The van der Waals surface area contributed by atoms with Crippen LogP contribution in [0.15, 0.2) is 24.3 Å². The average molecular weight is 326 g/mol. The molecule has 0 radical (unpaired) electrons. The lowest BCUT2D eigenvalue weighted by atomic mass is 10.2. The van der Waals surface area contributed by atoms with Crippen LogP contribution in [0.4, 0.5) is 5.95 Å². The number of aryl methyl sites for hydroxylation is 1. The molecule has 0 saturated carbocycles. The lowest BCUT2D eigenvalue weighted by Crippen LogP contribution is -2.51. The summed E-state index contributed by atoms with van der Waals surface area (Å²) in [5.41, 5.74) is 1.80. The Morgan fingerprint density at radius 3 is 2.62 bits per heavy atom. The van der Waals surface area contributed by atoms with Crippen molar-refractivity contribution in [2.75, 3.05) is 37.7 Å². The van der Waals surface area contributed by atoms with E-state index in [2.05, 4.69) is 26.8 Å². The number of hydrogen-bond donors (Lipinski definition) is 1. The predicted octanol–water partition coefficient (Wildman–Crippen LogP) is 1.09. The van der Waals surface area contributed by atoms with Gasteiger partial charge in [-0.25, -0.2) is 9.97 Å². The van der Waals surface area contributed by atoms with Crippen molar-refractivity contribution in [1.82, 2.24) is 24.5 Å². The Labute approximate surface area is 140 Å². The van der Waals surface area contributed by atoms with E-state index in [0.717, 1.165) is 54.5 Å². The van der Waals surface area contributed by atoms with Crippen molar-refractivity contribution in [1.29, 1.82) is 0 Å². The minimum atomic E-state index is 0.195. The number of piperazine rings is 1. The highest BCUT2D eigenvalue weighted by atomic mass is 16.3. The van der Waals surface area contributed by atoms with E-state index < -0.39 is 0 Å². The third-order valence-corrected chi connectivity index (χ3v) is 4.75. The number of aromatic nitrogens is 4. The molecule has 7 heteroatoms. The maximum Gasteiger partial charge on any atom is 0.229 e. The molecule has 1 aromatic carbocycles. The Bertz CT molecular complexity index is 868. The summed E-state index contributed by atoms with van der Waals surface area (Å²) in [4.78, 5) is 14.0. The number of hydrogen-bond acceptors (Lipinski definition) is 6. The van der Waals surface area contributed by atoms with Crippen molar-refractivity contribution in [2.24, 2.45) is 0 Å². The summed E-state index contributed by atoms with van der Waals surface area (Å²) in [5.74, 6) is 1.60. The first-order valence-corrected chi connectivity index (χ1v) is 8.39. The summed E-state index contributed by atoms with van der Waals surface area (Å²) in [6.07, 6.45) is 0. The van der Waals surface area contributed by atoms with Crippen LogP contribution in [0.3, 0.4) is 0 Å². The molecule has 3 heterocycles. The highest BCUT2D eigenvalue weighted by Gasteiger charge is 2.24. The molecule has 1 fully saturated rings. The second kappa shape index (κ2) is 5.99. The van der Waals surface area contributed by atoms with E-state index >= 15 is 0 Å². The molecule has 1 saturated heterocycles. The maximum atomic E-state index is 9.34. The molecule has 0 bridgehead atoms. The van der Waals surface area contributed by atoms with E-state index in [1.807, 2.05) is 35.7 Å². The van der Waals surface area contributed by atoms with Gasteiger partial charge < -0.3 is 10.0 Å². The summed E-state index contributed by atoms with van der Waals surface area (Å²) in [7, 11) is 0. The number of fused-ring (bicyclic) bond motifs is 3. The second-order valence-corrected chi connectivity index (χ2v) is 6.38. The fraction of sp³-hybridized carbons (Fsp3) is 0.471. The smallest absolute Gasteiger partial charge is 0.229 e. The highest BCUT2D eigenvalue weighted by molar-refractivity contribution is 5.92. The SMILES string of the molecule is Cc1nc2c3ccccc3nc(N3CCN([C@@H](C)CO)CC3)n2n1. The lowest BCUT2D eigenvalue weighted by molar-refractivity contribution is 0.128. The van der Waals surface area contributed by atoms with E-state index in [1.165, 1.54) is 0 Å². The first-order chi connectivity index (χ1) is 11.7. The minimum absolute atomic E-state index is 0.195. The number of rotatable bonds is 3. The molecule has 24 heavy (non-hydrogen) atoms. The number of aliphatic hydroxyl groups excluding tert-OH is 1. The first kappa shape index (κ1) is 15.3. The average Bonchev–Trinajstić information content (AvgIpc) is 3.02. The summed E-state index contributed by atoms with van der Waals surface area (Å²) >= 11 is 0. The van der Waals surface area contributed by atoms with Crippen LogP contribution in [-0.2, 0) is 0 Å². The van der Waals surface area contributed by atoms with Crippen molar-refractivity contribution in [3.05, 3.63) is 30.1 Å². The van der Waals surface area contributed by atoms with E-state index in [0.29, 0.717) is 0 Å². The normalized spacial score (nSPS) is 17.7. The lowest BCUT2D eigenvalue weighted by Gasteiger charge is -2.37. The molecule has 1 aliphatic rings. The molecule has 7 nitrogen and oxygen atoms in total.